The van der Waals surface area contributed by atoms with E-state index in [2.05, 4.69) is 10.2 Å². The number of amides is 1. The molecule has 1 aromatic heterocycles. The monoisotopic (exact) mass is 350 g/mol. The Morgan fingerprint density at radius 2 is 2.09 bits per heavy atom. The molecule has 2 aromatic rings. The molecule has 0 saturated carbocycles. The molecule has 1 saturated heterocycles. The summed E-state index contributed by atoms with van der Waals surface area (Å²) in [6.45, 7) is 3.99. The fraction of sp³-hybridized carbons (Fsp3) is 0.353. The SMILES string of the molecule is CCc1ccc(C(=O)Nc2ccc(N3CCSCC3)c(Cl)c2)o1. The van der Waals surface area contributed by atoms with Crippen LogP contribution in [0.25, 0.3) is 0 Å². The molecule has 122 valence electrons. The molecule has 1 aliphatic rings. The Morgan fingerprint density at radius 3 is 2.74 bits per heavy atom. The van der Waals surface area contributed by atoms with Gasteiger partial charge in [-0.15, -0.1) is 0 Å². The van der Waals surface area contributed by atoms with Crippen LogP contribution in [0.3, 0.4) is 0 Å². The maximum atomic E-state index is 12.2. The van der Waals surface area contributed by atoms with Crippen LogP contribution in [-0.2, 0) is 6.42 Å². The maximum Gasteiger partial charge on any atom is 0.291 e. The number of nitrogens with zero attached hydrogens (tertiary/aromatic N) is 1. The Balaban J connectivity index is 1.71. The summed E-state index contributed by atoms with van der Waals surface area (Å²) in [5, 5.41) is 3.48. The average Bonchev–Trinajstić information content (AvgIpc) is 3.05. The maximum absolute atomic E-state index is 12.2. The molecule has 0 radical (unpaired) electrons. The van der Waals surface area contributed by atoms with Crippen molar-refractivity contribution in [2.75, 3.05) is 34.8 Å². The van der Waals surface area contributed by atoms with Crippen molar-refractivity contribution in [3.05, 3.63) is 46.9 Å². The third-order valence-electron chi connectivity index (χ3n) is 3.79. The highest BCUT2D eigenvalue weighted by molar-refractivity contribution is 7.99. The molecule has 0 atom stereocenters. The number of nitrogens with one attached hydrogen (secondary N) is 1. The number of halogens is 1. The van der Waals surface area contributed by atoms with Gasteiger partial charge in [-0.05, 0) is 30.3 Å². The van der Waals surface area contributed by atoms with Gasteiger partial charge in [0.1, 0.15) is 5.76 Å². The quantitative estimate of drug-likeness (QED) is 0.892. The molecule has 2 heterocycles. The number of aryl methyl sites for hydroxylation is 1. The van der Waals surface area contributed by atoms with Crippen molar-refractivity contribution < 1.29 is 9.21 Å². The summed E-state index contributed by atoms with van der Waals surface area (Å²) < 4.78 is 5.46. The molecular formula is C17H19ClN2O2S. The van der Waals surface area contributed by atoms with Crippen molar-refractivity contribution in [2.24, 2.45) is 0 Å². The van der Waals surface area contributed by atoms with Crippen molar-refractivity contribution >= 4 is 40.6 Å². The van der Waals surface area contributed by atoms with Crippen molar-refractivity contribution in [3.63, 3.8) is 0 Å². The van der Waals surface area contributed by atoms with E-state index in [-0.39, 0.29) is 5.91 Å². The summed E-state index contributed by atoms with van der Waals surface area (Å²) in [5.41, 5.74) is 1.70. The number of carbonyl (C=O) groups is 1. The Kier molecular flexibility index (Phi) is 5.18. The molecule has 1 N–H and O–H groups in total. The van der Waals surface area contributed by atoms with E-state index in [1.807, 2.05) is 36.9 Å². The van der Waals surface area contributed by atoms with Crippen molar-refractivity contribution in [1.29, 1.82) is 0 Å². The van der Waals surface area contributed by atoms with Crippen LogP contribution in [0.2, 0.25) is 5.02 Å². The van der Waals surface area contributed by atoms with Gasteiger partial charge in [-0.1, -0.05) is 18.5 Å². The van der Waals surface area contributed by atoms with E-state index in [0.29, 0.717) is 16.5 Å². The zero-order valence-corrected chi connectivity index (χ0v) is 14.5. The van der Waals surface area contributed by atoms with E-state index in [0.717, 1.165) is 42.5 Å². The molecule has 23 heavy (non-hydrogen) atoms. The second kappa shape index (κ2) is 7.32. The first kappa shape index (κ1) is 16.3. The Hall–Kier alpha value is -1.59. The molecule has 1 fully saturated rings. The standard InChI is InChI=1S/C17H19ClN2O2S/c1-2-13-4-6-16(22-13)17(21)19-12-3-5-15(14(18)11-12)20-7-9-23-10-8-20/h3-6,11H,2,7-10H2,1H3,(H,19,21). The number of benzene rings is 1. The first-order valence-corrected chi connectivity index (χ1v) is 9.23. The second-order valence-corrected chi connectivity index (χ2v) is 6.97. The van der Waals surface area contributed by atoms with Gasteiger partial charge in [-0.3, -0.25) is 4.79 Å². The predicted octanol–water partition coefficient (Wildman–Crippen LogP) is 4.30. The second-order valence-electron chi connectivity index (χ2n) is 5.34. The zero-order valence-electron chi connectivity index (χ0n) is 13.0. The van der Waals surface area contributed by atoms with Gasteiger partial charge in [-0.25, -0.2) is 0 Å². The minimum absolute atomic E-state index is 0.261. The predicted molar refractivity (Wildman–Crippen MR) is 97.0 cm³/mol. The number of rotatable bonds is 4. The van der Waals surface area contributed by atoms with E-state index in [4.69, 9.17) is 16.0 Å². The summed E-state index contributed by atoms with van der Waals surface area (Å²) >= 11 is 8.36. The lowest BCUT2D eigenvalue weighted by Crippen LogP contribution is -2.32. The first-order valence-electron chi connectivity index (χ1n) is 7.69. The molecule has 3 rings (SSSR count). The topological polar surface area (TPSA) is 45.5 Å². The molecule has 0 bridgehead atoms. The lowest BCUT2D eigenvalue weighted by atomic mass is 10.2. The van der Waals surface area contributed by atoms with Gasteiger partial charge >= 0.3 is 0 Å². The van der Waals surface area contributed by atoms with Crippen LogP contribution in [0.15, 0.2) is 34.7 Å². The van der Waals surface area contributed by atoms with E-state index in [9.17, 15) is 4.79 Å². The van der Waals surface area contributed by atoms with E-state index in [1.54, 1.807) is 12.1 Å². The van der Waals surface area contributed by atoms with Gasteiger partial charge in [0.05, 0.1) is 10.7 Å². The van der Waals surface area contributed by atoms with E-state index >= 15 is 0 Å². The lowest BCUT2D eigenvalue weighted by molar-refractivity contribution is 0.0995. The van der Waals surface area contributed by atoms with Crippen LogP contribution >= 0.6 is 23.4 Å². The number of thioether (sulfide) groups is 1. The molecule has 6 heteroatoms. The number of hydrogen-bond donors (Lipinski definition) is 1. The van der Waals surface area contributed by atoms with Crippen LogP contribution in [0, 0.1) is 0 Å². The van der Waals surface area contributed by atoms with Crippen LogP contribution in [0.4, 0.5) is 11.4 Å². The fourth-order valence-corrected chi connectivity index (χ4v) is 3.73. The van der Waals surface area contributed by atoms with Gasteiger partial charge in [0.2, 0.25) is 0 Å². The summed E-state index contributed by atoms with van der Waals surface area (Å²) in [6, 6.07) is 9.15. The minimum Gasteiger partial charge on any atom is -0.456 e. The zero-order chi connectivity index (χ0) is 16.2. The highest BCUT2D eigenvalue weighted by atomic mass is 35.5. The third kappa shape index (κ3) is 3.85. The molecule has 4 nitrogen and oxygen atoms in total. The number of anilines is 2. The molecular weight excluding hydrogens is 332 g/mol. The lowest BCUT2D eigenvalue weighted by Gasteiger charge is -2.29. The average molecular weight is 351 g/mol. The Labute approximate surface area is 145 Å². The molecule has 1 aromatic carbocycles. The Bertz CT molecular complexity index is 696. The molecule has 0 unspecified atom stereocenters. The highest BCUT2D eigenvalue weighted by Crippen LogP contribution is 2.30. The molecule has 1 aliphatic heterocycles. The normalized spacial score (nSPS) is 14.8. The number of hydrogen-bond acceptors (Lipinski definition) is 4. The first-order chi connectivity index (χ1) is 11.2. The molecule has 0 aliphatic carbocycles. The fourth-order valence-electron chi connectivity index (χ4n) is 2.53. The van der Waals surface area contributed by atoms with Crippen LogP contribution in [-0.4, -0.2) is 30.5 Å². The van der Waals surface area contributed by atoms with Gasteiger partial charge in [0, 0.05) is 36.7 Å². The van der Waals surface area contributed by atoms with Crippen LogP contribution in [0.5, 0.6) is 0 Å². The van der Waals surface area contributed by atoms with Crippen LogP contribution in [0.1, 0.15) is 23.2 Å². The van der Waals surface area contributed by atoms with Crippen molar-refractivity contribution in [2.45, 2.75) is 13.3 Å². The van der Waals surface area contributed by atoms with Gasteiger partial charge in [-0.2, -0.15) is 11.8 Å². The largest absolute Gasteiger partial charge is 0.456 e. The molecule has 0 spiro atoms. The number of furan rings is 1. The van der Waals surface area contributed by atoms with Crippen LogP contribution < -0.4 is 10.2 Å². The number of carbonyl (C=O) groups excluding carboxylic acids is 1. The van der Waals surface area contributed by atoms with E-state index < -0.39 is 0 Å². The minimum atomic E-state index is -0.261. The Morgan fingerprint density at radius 1 is 1.30 bits per heavy atom. The highest BCUT2D eigenvalue weighted by Gasteiger charge is 2.16. The third-order valence-corrected chi connectivity index (χ3v) is 5.04. The summed E-state index contributed by atoms with van der Waals surface area (Å²) in [4.78, 5) is 14.5. The summed E-state index contributed by atoms with van der Waals surface area (Å²) in [7, 11) is 0. The summed E-state index contributed by atoms with van der Waals surface area (Å²) in [6.07, 6.45) is 0.766. The van der Waals surface area contributed by atoms with Gasteiger partial charge in [0.25, 0.3) is 5.91 Å². The van der Waals surface area contributed by atoms with Crippen molar-refractivity contribution in [3.8, 4) is 0 Å². The van der Waals surface area contributed by atoms with Gasteiger partial charge in [0.15, 0.2) is 5.76 Å². The summed E-state index contributed by atoms with van der Waals surface area (Å²) in [5.74, 6) is 3.09. The van der Waals surface area contributed by atoms with E-state index in [1.165, 1.54) is 0 Å². The smallest absolute Gasteiger partial charge is 0.291 e. The van der Waals surface area contributed by atoms with Crippen molar-refractivity contribution in [1.82, 2.24) is 0 Å². The van der Waals surface area contributed by atoms with Gasteiger partial charge < -0.3 is 14.6 Å². The molecule has 1 amide bonds.